The number of fused-ring (bicyclic) bond motifs is 1. The monoisotopic (exact) mass is 487 g/mol. The van der Waals surface area contributed by atoms with Crippen LogP contribution in [-0.4, -0.2) is 46.9 Å². The molecular weight excluding hydrogens is 465 g/mol. The van der Waals surface area contributed by atoms with E-state index in [2.05, 4.69) is 0 Å². The van der Waals surface area contributed by atoms with Gasteiger partial charge in [-0.1, -0.05) is 13.8 Å². The van der Waals surface area contributed by atoms with Gasteiger partial charge < -0.3 is 19.9 Å². The zero-order chi connectivity index (χ0) is 25.3. The van der Waals surface area contributed by atoms with Crippen LogP contribution in [0.5, 0.6) is 0 Å². The molecule has 7 nitrogen and oxygen atoms in total. The Kier molecular flexibility index (Phi) is 5.41. The lowest BCUT2D eigenvalue weighted by Crippen LogP contribution is -2.49. The van der Waals surface area contributed by atoms with Gasteiger partial charge in [-0.2, -0.15) is 13.2 Å². The molecule has 1 saturated carbocycles. The number of anilines is 1. The summed E-state index contributed by atoms with van der Waals surface area (Å²) in [5, 5.41) is 10.9. The number of aromatic carboxylic acids is 1. The van der Waals surface area contributed by atoms with Crippen molar-refractivity contribution in [2.75, 3.05) is 18.0 Å². The van der Waals surface area contributed by atoms with Gasteiger partial charge in [-0.05, 0) is 19.8 Å². The summed E-state index contributed by atoms with van der Waals surface area (Å²) in [5.41, 5.74) is -3.61. The van der Waals surface area contributed by atoms with Crippen LogP contribution in [0.25, 0.3) is 10.9 Å². The van der Waals surface area contributed by atoms with E-state index in [4.69, 9.17) is 0 Å². The molecule has 4 rings (SSSR count). The van der Waals surface area contributed by atoms with Gasteiger partial charge in [0.25, 0.3) is 0 Å². The van der Waals surface area contributed by atoms with E-state index in [-0.39, 0.29) is 35.6 Å². The molecule has 1 aromatic carbocycles. The molecule has 1 atom stereocenters. The van der Waals surface area contributed by atoms with Gasteiger partial charge in [0.1, 0.15) is 11.3 Å². The third-order valence-corrected chi connectivity index (χ3v) is 6.56. The maximum absolute atomic E-state index is 15.9. The Morgan fingerprint density at radius 1 is 1.18 bits per heavy atom. The van der Waals surface area contributed by atoms with Crippen LogP contribution < -0.4 is 15.6 Å². The van der Waals surface area contributed by atoms with Crippen LogP contribution in [0.15, 0.2) is 11.0 Å². The lowest BCUT2D eigenvalue weighted by Gasteiger charge is -2.26. The van der Waals surface area contributed by atoms with Crippen LogP contribution in [0.2, 0.25) is 0 Å². The van der Waals surface area contributed by atoms with Gasteiger partial charge in [0.15, 0.2) is 11.6 Å². The van der Waals surface area contributed by atoms with Crippen LogP contribution in [0.3, 0.4) is 0 Å². The van der Waals surface area contributed by atoms with E-state index in [0.29, 0.717) is 12.8 Å². The van der Waals surface area contributed by atoms with Crippen molar-refractivity contribution in [3.8, 4) is 0 Å². The highest BCUT2D eigenvalue weighted by molar-refractivity contribution is 5.95. The molecule has 2 heterocycles. The predicted molar refractivity (Wildman–Crippen MR) is 112 cm³/mol. The number of carboxylic acid groups (broad SMARTS) is 1. The second kappa shape index (κ2) is 7.67. The van der Waals surface area contributed by atoms with Crippen molar-refractivity contribution in [2.45, 2.75) is 51.9 Å². The Labute approximate surface area is 190 Å². The van der Waals surface area contributed by atoms with Crippen LogP contribution >= 0.6 is 0 Å². The average molecular weight is 487 g/mol. The summed E-state index contributed by atoms with van der Waals surface area (Å²) in [7, 11) is 0. The molecule has 2 N–H and O–H groups in total. The quantitative estimate of drug-likeness (QED) is 0.645. The fourth-order valence-electron chi connectivity index (χ4n) is 4.56. The van der Waals surface area contributed by atoms with Gasteiger partial charge in [-0.3, -0.25) is 9.59 Å². The molecule has 2 aliphatic rings. The molecule has 0 radical (unpaired) electrons. The van der Waals surface area contributed by atoms with E-state index >= 15 is 8.78 Å². The van der Waals surface area contributed by atoms with Crippen LogP contribution in [-0.2, 0) is 4.79 Å². The molecule has 12 heteroatoms. The highest BCUT2D eigenvalue weighted by Gasteiger charge is 2.47. The van der Waals surface area contributed by atoms with Gasteiger partial charge in [-0.25, -0.2) is 13.6 Å². The Balaban J connectivity index is 1.87. The molecule has 184 valence electrons. The number of hydrogen-bond acceptors (Lipinski definition) is 4. The number of carbonyl (C=O) groups excluding carboxylic acids is 1. The first-order valence-electron chi connectivity index (χ1n) is 10.6. The van der Waals surface area contributed by atoms with Crippen molar-refractivity contribution in [1.82, 2.24) is 9.88 Å². The molecule has 1 aliphatic carbocycles. The summed E-state index contributed by atoms with van der Waals surface area (Å²) in [6.45, 7) is 3.99. The molecule has 2 fully saturated rings. The normalized spacial score (nSPS) is 20.1. The topological polar surface area (TPSA) is 91.6 Å². The van der Waals surface area contributed by atoms with Crippen LogP contribution in [0.1, 0.15) is 48.7 Å². The van der Waals surface area contributed by atoms with Crippen molar-refractivity contribution in [3.63, 3.8) is 0 Å². The average Bonchev–Trinajstić information content (AvgIpc) is 3.50. The summed E-state index contributed by atoms with van der Waals surface area (Å²) in [6.07, 6.45) is -2.83. The Morgan fingerprint density at radius 2 is 1.79 bits per heavy atom. The van der Waals surface area contributed by atoms with Gasteiger partial charge in [-0.15, -0.1) is 0 Å². The minimum Gasteiger partial charge on any atom is -0.477 e. The van der Waals surface area contributed by atoms with Crippen molar-refractivity contribution in [2.24, 2.45) is 5.41 Å². The number of pyridine rings is 1. The van der Waals surface area contributed by atoms with Crippen molar-refractivity contribution in [1.29, 1.82) is 0 Å². The molecule has 1 saturated heterocycles. The van der Waals surface area contributed by atoms with E-state index < -0.39 is 57.8 Å². The molecule has 1 unspecified atom stereocenters. The second-order valence-electron chi connectivity index (χ2n) is 9.53. The number of nitrogens with one attached hydrogen (secondary N) is 1. The number of nitrogens with zero attached hydrogens (tertiary/aromatic N) is 2. The van der Waals surface area contributed by atoms with E-state index in [1.54, 1.807) is 13.8 Å². The highest BCUT2D eigenvalue weighted by Crippen LogP contribution is 2.43. The van der Waals surface area contributed by atoms with E-state index in [0.717, 1.165) is 6.20 Å². The number of benzene rings is 1. The van der Waals surface area contributed by atoms with Crippen LogP contribution in [0.4, 0.5) is 27.6 Å². The number of carbonyl (C=O) groups is 2. The number of rotatable bonds is 4. The fraction of sp³-hybridized carbons (Fsp3) is 0.500. The summed E-state index contributed by atoms with van der Waals surface area (Å²) in [5.74, 6) is -5.87. The third kappa shape index (κ3) is 3.78. The molecule has 0 spiro atoms. The lowest BCUT2D eigenvalue weighted by atomic mass is 9.88. The Bertz CT molecular complexity index is 1280. The smallest absolute Gasteiger partial charge is 0.471 e. The SMILES string of the molecule is Cc1c(F)c(N2CC(NC(=O)C(F)(F)F)C(C)(C)C2)c(F)c2c1c(=O)c(C(=O)O)cn2C1CC1. The molecule has 2 aromatic rings. The third-order valence-electron chi connectivity index (χ3n) is 6.56. The van der Waals surface area contributed by atoms with Crippen molar-refractivity contribution < 1.29 is 36.6 Å². The molecule has 0 bridgehead atoms. The predicted octanol–water partition coefficient (Wildman–Crippen LogP) is 3.51. The first-order chi connectivity index (χ1) is 15.6. The van der Waals surface area contributed by atoms with E-state index in [1.165, 1.54) is 16.4 Å². The number of halogens is 5. The lowest BCUT2D eigenvalue weighted by molar-refractivity contribution is -0.174. The minimum absolute atomic E-state index is 0.0739. The van der Waals surface area contributed by atoms with Gasteiger partial charge in [0, 0.05) is 36.3 Å². The highest BCUT2D eigenvalue weighted by atomic mass is 19.4. The fourth-order valence-corrected chi connectivity index (χ4v) is 4.56. The van der Waals surface area contributed by atoms with Crippen LogP contribution in [0, 0.1) is 24.0 Å². The minimum atomic E-state index is -5.11. The largest absolute Gasteiger partial charge is 0.477 e. The molecule has 1 aliphatic heterocycles. The number of aromatic nitrogens is 1. The van der Waals surface area contributed by atoms with E-state index in [9.17, 15) is 32.7 Å². The molecule has 1 amide bonds. The number of carboxylic acids is 1. The molecule has 1 aromatic heterocycles. The number of amides is 1. The zero-order valence-corrected chi connectivity index (χ0v) is 18.5. The summed E-state index contributed by atoms with van der Waals surface area (Å²) < 4.78 is 71.0. The Hall–Kier alpha value is -3.18. The van der Waals surface area contributed by atoms with Gasteiger partial charge in [0.05, 0.1) is 16.9 Å². The Morgan fingerprint density at radius 3 is 2.32 bits per heavy atom. The zero-order valence-electron chi connectivity index (χ0n) is 18.5. The summed E-state index contributed by atoms with van der Waals surface area (Å²) in [6, 6.07) is -1.32. The second-order valence-corrected chi connectivity index (χ2v) is 9.53. The maximum atomic E-state index is 15.9. The van der Waals surface area contributed by atoms with Crippen molar-refractivity contribution in [3.05, 3.63) is 39.2 Å². The van der Waals surface area contributed by atoms with Gasteiger partial charge in [0.2, 0.25) is 5.43 Å². The summed E-state index contributed by atoms with van der Waals surface area (Å²) >= 11 is 0. The summed E-state index contributed by atoms with van der Waals surface area (Å²) in [4.78, 5) is 37.0. The first kappa shape index (κ1) is 24.0. The molecular formula is C22H22F5N3O4. The standard InChI is InChI=1S/C22H22F5N3O4/c1-9-13-16(30(10-4-5-10)6-11(18(13)31)19(32)33)15(24)17(14(9)23)29-7-12(21(2,3)8-29)28-20(34)22(25,26)27/h6,10,12H,4-5,7-8H2,1-3H3,(H,28,34)(H,32,33). The first-order valence-corrected chi connectivity index (χ1v) is 10.6. The number of hydrogen-bond donors (Lipinski definition) is 2. The van der Waals surface area contributed by atoms with E-state index in [1.807, 2.05) is 5.32 Å². The maximum Gasteiger partial charge on any atom is 0.471 e. The number of aryl methyl sites for hydroxylation is 1. The van der Waals surface area contributed by atoms with Crippen molar-refractivity contribution >= 4 is 28.5 Å². The number of alkyl halides is 3. The molecule has 34 heavy (non-hydrogen) atoms. The van der Waals surface area contributed by atoms with Gasteiger partial charge >= 0.3 is 18.1 Å².